The van der Waals surface area contributed by atoms with Gasteiger partial charge in [-0.05, 0) is 19.3 Å². The van der Waals surface area contributed by atoms with Gasteiger partial charge in [-0.1, -0.05) is 45.4 Å². The summed E-state index contributed by atoms with van der Waals surface area (Å²) in [5.41, 5.74) is 0. The molecule has 0 radical (unpaired) electrons. The van der Waals surface area contributed by atoms with Gasteiger partial charge in [-0.2, -0.15) is 0 Å². The number of aliphatic hydroxyl groups excluding tert-OH is 1. The first-order valence-corrected chi connectivity index (χ1v) is 6.93. The maximum Gasteiger partial charge on any atom is 0.132 e. The molecule has 0 aliphatic carbocycles. The lowest BCUT2D eigenvalue weighted by atomic mass is 10.0. The summed E-state index contributed by atoms with van der Waals surface area (Å²) >= 11 is 0. The van der Waals surface area contributed by atoms with Crippen molar-refractivity contribution in [3.8, 4) is 0 Å². The van der Waals surface area contributed by atoms with Gasteiger partial charge < -0.3 is 5.11 Å². The van der Waals surface area contributed by atoms with Crippen molar-refractivity contribution < 1.29 is 9.90 Å². The molecule has 0 heterocycles. The van der Waals surface area contributed by atoms with Gasteiger partial charge in [0.25, 0.3) is 0 Å². The van der Waals surface area contributed by atoms with Gasteiger partial charge in [0.2, 0.25) is 0 Å². The zero-order valence-electron chi connectivity index (χ0n) is 10.8. The van der Waals surface area contributed by atoms with E-state index in [0.29, 0.717) is 12.4 Å². The Morgan fingerprint density at radius 2 is 1.31 bits per heavy atom. The highest BCUT2D eigenvalue weighted by molar-refractivity contribution is 5.78. The van der Waals surface area contributed by atoms with Crippen molar-refractivity contribution in [1.82, 2.24) is 0 Å². The van der Waals surface area contributed by atoms with Crippen molar-refractivity contribution in [3.05, 3.63) is 0 Å². The quantitative estimate of drug-likeness (QED) is 0.515. The molecule has 0 rings (SSSR count). The van der Waals surface area contributed by atoms with Gasteiger partial charge >= 0.3 is 0 Å². The van der Waals surface area contributed by atoms with Crippen molar-refractivity contribution in [2.45, 2.75) is 77.6 Å². The van der Waals surface area contributed by atoms with Gasteiger partial charge in [-0.15, -0.1) is 0 Å². The summed E-state index contributed by atoms with van der Waals surface area (Å²) in [7, 11) is 0. The lowest BCUT2D eigenvalue weighted by Crippen LogP contribution is -1.97. The highest BCUT2D eigenvalue weighted by Gasteiger charge is 2.01. The number of ketones is 1. The predicted molar refractivity (Wildman–Crippen MR) is 68.6 cm³/mol. The van der Waals surface area contributed by atoms with E-state index in [0.717, 1.165) is 51.4 Å². The number of Topliss-reactive ketones (excluding diaryl/α,β-unsaturated/α-hetero) is 1. The molecule has 0 saturated carbocycles. The van der Waals surface area contributed by atoms with Crippen molar-refractivity contribution in [1.29, 1.82) is 0 Å². The fourth-order valence-electron chi connectivity index (χ4n) is 1.84. The third-order valence-electron chi connectivity index (χ3n) is 2.92. The first kappa shape index (κ1) is 15.6. The van der Waals surface area contributed by atoms with E-state index in [4.69, 9.17) is 5.11 Å². The van der Waals surface area contributed by atoms with Crippen LogP contribution in [0.25, 0.3) is 0 Å². The number of hydrogen-bond donors (Lipinski definition) is 1. The Morgan fingerprint density at radius 1 is 0.812 bits per heavy atom. The van der Waals surface area contributed by atoms with Crippen LogP contribution in [0.5, 0.6) is 0 Å². The largest absolute Gasteiger partial charge is 0.396 e. The van der Waals surface area contributed by atoms with E-state index in [1.165, 1.54) is 19.3 Å². The summed E-state index contributed by atoms with van der Waals surface area (Å²) in [4.78, 5) is 11.5. The van der Waals surface area contributed by atoms with Crippen LogP contribution in [0.3, 0.4) is 0 Å². The molecule has 0 unspecified atom stereocenters. The first-order valence-electron chi connectivity index (χ1n) is 6.93. The second-order valence-corrected chi connectivity index (χ2v) is 4.59. The van der Waals surface area contributed by atoms with E-state index in [-0.39, 0.29) is 0 Å². The molecule has 0 amide bonds. The summed E-state index contributed by atoms with van der Waals surface area (Å²) in [5, 5.41) is 8.60. The maximum absolute atomic E-state index is 11.5. The molecular formula is C14H28O2. The molecule has 0 spiro atoms. The molecule has 16 heavy (non-hydrogen) atoms. The van der Waals surface area contributed by atoms with Crippen LogP contribution in [0, 0.1) is 0 Å². The van der Waals surface area contributed by atoms with Crippen molar-refractivity contribution in [3.63, 3.8) is 0 Å². The van der Waals surface area contributed by atoms with E-state index in [1.54, 1.807) is 0 Å². The maximum atomic E-state index is 11.5. The molecule has 0 aromatic rings. The van der Waals surface area contributed by atoms with Crippen LogP contribution >= 0.6 is 0 Å². The number of carbonyl (C=O) groups is 1. The predicted octanol–water partition coefficient (Wildman–Crippen LogP) is 3.86. The van der Waals surface area contributed by atoms with Gasteiger partial charge in [0.15, 0.2) is 0 Å². The summed E-state index contributed by atoms with van der Waals surface area (Å²) < 4.78 is 0. The van der Waals surface area contributed by atoms with Crippen LogP contribution < -0.4 is 0 Å². The Balaban J connectivity index is 3.11. The van der Waals surface area contributed by atoms with Gasteiger partial charge in [0.1, 0.15) is 5.78 Å². The van der Waals surface area contributed by atoms with Gasteiger partial charge in [0, 0.05) is 19.4 Å². The van der Waals surface area contributed by atoms with Crippen molar-refractivity contribution >= 4 is 5.78 Å². The number of rotatable bonds is 12. The molecule has 2 heteroatoms. The lowest BCUT2D eigenvalue weighted by Gasteiger charge is -2.01. The van der Waals surface area contributed by atoms with Crippen molar-refractivity contribution in [2.75, 3.05) is 6.61 Å². The van der Waals surface area contributed by atoms with Crippen LogP contribution in [0.15, 0.2) is 0 Å². The Hall–Kier alpha value is -0.370. The summed E-state index contributed by atoms with van der Waals surface area (Å²) in [5.74, 6) is 0.443. The Morgan fingerprint density at radius 3 is 1.88 bits per heavy atom. The molecule has 0 bridgehead atoms. The normalized spacial score (nSPS) is 10.6. The molecular weight excluding hydrogens is 200 g/mol. The minimum atomic E-state index is 0.302. The SMILES string of the molecule is CCCCCCC(=O)CCCCCCCO. The Labute approximate surface area is 100 Å². The average Bonchev–Trinajstić information content (AvgIpc) is 2.29. The molecule has 0 aliphatic heterocycles. The lowest BCUT2D eigenvalue weighted by molar-refractivity contribution is -0.119. The van der Waals surface area contributed by atoms with Gasteiger partial charge in [0.05, 0.1) is 0 Å². The molecule has 1 N–H and O–H groups in total. The number of carbonyl (C=O) groups excluding carboxylic acids is 1. The van der Waals surface area contributed by atoms with Crippen LogP contribution in [-0.2, 0) is 4.79 Å². The Bertz CT molecular complexity index is 155. The minimum absolute atomic E-state index is 0.302. The zero-order chi connectivity index (χ0) is 12.1. The third-order valence-corrected chi connectivity index (χ3v) is 2.92. The highest BCUT2D eigenvalue weighted by Crippen LogP contribution is 2.09. The van der Waals surface area contributed by atoms with Gasteiger partial charge in [-0.25, -0.2) is 0 Å². The summed E-state index contributed by atoms with van der Waals surface area (Å²) in [6.45, 7) is 2.49. The fraction of sp³-hybridized carbons (Fsp3) is 0.929. The van der Waals surface area contributed by atoms with Crippen LogP contribution in [0.4, 0.5) is 0 Å². The first-order chi connectivity index (χ1) is 7.81. The Kier molecular flexibility index (Phi) is 12.4. The van der Waals surface area contributed by atoms with E-state index in [2.05, 4.69) is 6.92 Å². The van der Waals surface area contributed by atoms with Gasteiger partial charge in [-0.3, -0.25) is 4.79 Å². The summed E-state index contributed by atoms with van der Waals surface area (Å²) in [6, 6.07) is 0. The third kappa shape index (κ3) is 11.7. The second kappa shape index (κ2) is 12.7. The molecule has 0 aliphatic rings. The molecule has 0 atom stereocenters. The summed E-state index contributed by atoms with van der Waals surface area (Å²) in [6.07, 6.45) is 11.7. The molecule has 2 nitrogen and oxygen atoms in total. The topological polar surface area (TPSA) is 37.3 Å². The molecule has 0 aromatic heterocycles. The molecule has 96 valence electrons. The number of hydrogen-bond acceptors (Lipinski definition) is 2. The standard InChI is InChI=1S/C14H28O2/c1-2-3-4-8-11-14(16)12-9-6-5-7-10-13-15/h15H,2-13H2,1H3. The second-order valence-electron chi connectivity index (χ2n) is 4.59. The number of unbranched alkanes of at least 4 members (excludes halogenated alkanes) is 7. The zero-order valence-corrected chi connectivity index (χ0v) is 10.8. The minimum Gasteiger partial charge on any atom is -0.396 e. The van der Waals surface area contributed by atoms with Crippen molar-refractivity contribution in [2.24, 2.45) is 0 Å². The van der Waals surface area contributed by atoms with Crippen LogP contribution in [0.1, 0.15) is 77.6 Å². The van der Waals surface area contributed by atoms with E-state index < -0.39 is 0 Å². The van der Waals surface area contributed by atoms with Crippen LogP contribution in [0.2, 0.25) is 0 Å². The number of aliphatic hydroxyl groups is 1. The molecule has 0 fully saturated rings. The monoisotopic (exact) mass is 228 g/mol. The molecule has 0 saturated heterocycles. The fourth-order valence-corrected chi connectivity index (χ4v) is 1.84. The average molecular weight is 228 g/mol. The van der Waals surface area contributed by atoms with E-state index >= 15 is 0 Å². The van der Waals surface area contributed by atoms with E-state index in [1.807, 2.05) is 0 Å². The van der Waals surface area contributed by atoms with Crippen LogP contribution in [-0.4, -0.2) is 17.5 Å². The van der Waals surface area contributed by atoms with E-state index in [9.17, 15) is 4.79 Å². The molecule has 0 aromatic carbocycles. The highest BCUT2D eigenvalue weighted by atomic mass is 16.2. The smallest absolute Gasteiger partial charge is 0.132 e.